The molecule has 2 aromatic carbocycles. The molecule has 0 spiro atoms. The molecule has 0 saturated carbocycles. The summed E-state index contributed by atoms with van der Waals surface area (Å²) in [5, 5.41) is 81.3. The van der Waals surface area contributed by atoms with Gasteiger partial charge < -0.3 is 69.0 Å². The molecule has 2 saturated heterocycles. The minimum absolute atomic E-state index is 0.0523. The first-order chi connectivity index (χ1) is 20.0. The third-order valence-corrected chi connectivity index (χ3v) is 7.05. The van der Waals surface area contributed by atoms with Crippen LogP contribution >= 0.6 is 0 Å². The fraction of sp³-hybridized carbons (Fsp3) is 0.444. The van der Waals surface area contributed by atoms with E-state index in [2.05, 4.69) is 0 Å². The Hall–Kier alpha value is -3.51. The number of phenolic OH excluding ortho intramolecular Hbond substituents is 2. The predicted molar refractivity (Wildman–Crippen MR) is 139 cm³/mol. The van der Waals surface area contributed by atoms with E-state index < -0.39 is 73.1 Å². The minimum Gasteiger partial charge on any atom is -0.507 e. The zero-order valence-corrected chi connectivity index (χ0v) is 22.0. The highest BCUT2D eigenvalue weighted by molar-refractivity contribution is 5.86. The SMILES string of the molecule is COc1ccc(-c2cc(=O)c3c(O)cc(O[C@@H]4O[C@H](CO[C@H]5OC[C@@H](O)[C@@H](O)[C@H]5O)[C@@H](O)[C@H](O)[C@H]4O)cc3o2)cc1O. The molecule has 9 atom stereocenters. The van der Waals surface area contributed by atoms with E-state index >= 15 is 0 Å². The number of aliphatic hydroxyl groups is 6. The minimum atomic E-state index is -1.77. The van der Waals surface area contributed by atoms with Gasteiger partial charge in [-0.05, 0) is 18.2 Å². The van der Waals surface area contributed by atoms with E-state index in [-0.39, 0.29) is 40.6 Å². The highest BCUT2D eigenvalue weighted by Crippen LogP contribution is 2.35. The molecular weight excluding hydrogens is 564 g/mol. The Balaban J connectivity index is 1.36. The van der Waals surface area contributed by atoms with Gasteiger partial charge in [-0.15, -0.1) is 0 Å². The van der Waals surface area contributed by atoms with Crippen molar-refractivity contribution in [3.8, 4) is 34.3 Å². The highest BCUT2D eigenvalue weighted by Gasteiger charge is 2.46. The summed E-state index contributed by atoms with van der Waals surface area (Å²) in [6.07, 6.45) is -14.0. The van der Waals surface area contributed by atoms with E-state index in [1.54, 1.807) is 6.07 Å². The van der Waals surface area contributed by atoms with Gasteiger partial charge in [0.1, 0.15) is 71.0 Å². The predicted octanol–water partition coefficient (Wildman–Crippen LogP) is -1.48. The van der Waals surface area contributed by atoms with Crippen LogP contribution in [0.5, 0.6) is 23.0 Å². The Kier molecular flexibility index (Phi) is 8.56. The number of rotatable bonds is 7. The van der Waals surface area contributed by atoms with Crippen LogP contribution in [0.15, 0.2) is 45.6 Å². The second-order valence-corrected chi connectivity index (χ2v) is 9.89. The van der Waals surface area contributed by atoms with Gasteiger partial charge in [0.25, 0.3) is 0 Å². The van der Waals surface area contributed by atoms with E-state index in [1.165, 1.54) is 25.3 Å². The van der Waals surface area contributed by atoms with Crippen LogP contribution < -0.4 is 14.9 Å². The van der Waals surface area contributed by atoms with Crippen molar-refractivity contribution in [1.29, 1.82) is 0 Å². The molecular formula is C27H30O15. The van der Waals surface area contributed by atoms with Gasteiger partial charge in [0.2, 0.25) is 6.29 Å². The molecule has 0 radical (unpaired) electrons. The molecule has 3 heterocycles. The number of benzene rings is 2. The lowest BCUT2D eigenvalue weighted by Crippen LogP contribution is -2.61. The quantitative estimate of drug-likeness (QED) is 0.156. The molecule has 2 fully saturated rings. The van der Waals surface area contributed by atoms with Crippen molar-refractivity contribution in [2.45, 2.75) is 55.3 Å². The molecule has 2 aliphatic heterocycles. The first kappa shape index (κ1) is 30.0. The van der Waals surface area contributed by atoms with Crippen LogP contribution in [0.2, 0.25) is 0 Å². The van der Waals surface area contributed by atoms with Crippen LogP contribution in [0, 0.1) is 0 Å². The van der Waals surface area contributed by atoms with Crippen molar-refractivity contribution in [2.75, 3.05) is 20.3 Å². The Morgan fingerprint density at radius 3 is 2.31 bits per heavy atom. The van der Waals surface area contributed by atoms with Crippen molar-refractivity contribution in [3.05, 3.63) is 46.6 Å². The summed E-state index contributed by atoms with van der Waals surface area (Å²) in [4.78, 5) is 12.8. The standard InChI is InChI=1S/C27H30O15/c1-37-16-3-2-10(4-12(16)28)17-7-14(30)20-13(29)5-11(6-18(20)41-17)40-27-25(36)23(34)22(33)19(42-27)9-39-26-24(35)21(32)15(31)8-38-26/h2-7,15,19,21-29,31-36H,8-9H2,1H3/t15-,19-,21-,22-,23+,24-,25-,26-,27-/m1/s1. The van der Waals surface area contributed by atoms with Crippen molar-refractivity contribution >= 4 is 11.0 Å². The molecule has 15 heteroatoms. The highest BCUT2D eigenvalue weighted by atomic mass is 16.7. The van der Waals surface area contributed by atoms with Gasteiger partial charge in [-0.25, -0.2) is 0 Å². The summed E-state index contributed by atoms with van der Waals surface area (Å²) < 4.78 is 32.6. The number of aliphatic hydroxyl groups excluding tert-OH is 6. The van der Waals surface area contributed by atoms with Gasteiger partial charge in [0, 0.05) is 23.8 Å². The van der Waals surface area contributed by atoms with Crippen LogP contribution in [0.1, 0.15) is 0 Å². The Bertz CT molecular complexity index is 1470. The molecule has 0 aliphatic carbocycles. The van der Waals surface area contributed by atoms with Crippen molar-refractivity contribution < 1.29 is 69.0 Å². The second-order valence-electron chi connectivity index (χ2n) is 9.89. The van der Waals surface area contributed by atoms with Gasteiger partial charge in [0.05, 0.1) is 20.3 Å². The van der Waals surface area contributed by atoms with E-state index in [1.807, 2.05) is 0 Å². The maximum Gasteiger partial charge on any atom is 0.229 e. The van der Waals surface area contributed by atoms with Crippen molar-refractivity contribution in [3.63, 3.8) is 0 Å². The van der Waals surface area contributed by atoms with E-state index in [0.717, 1.165) is 12.1 Å². The average molecular weight is 595 g/mol. The lowest BCUT2D eigenvalue weighted by atomic mass is 9.99. The second kappa shape index (κ2) is 12.0. The molecule has 42 heavy (non-hydrogen) atoms. The summed E-state index contributed by atoms with van der Waals surface area (Å²) >= 11 is 0. The number of hydrogen-bond acceptors (Lipinski definition) is 15. The molecule has 15 nitrogen and oxygen atoms in total. The van der Waals surface area contributed by atoms with Crippen LogP contribution in [0.25, 0.3) is 22.3 Å². The summed E-state index contributed by atoms with van der Waals surface area (Å²) in [6.45, 7) is -0.821. The van der Waals surface area contributed by atoms with E-state index in [9.17, 15) is 45.6 Å². The monoisotopic (exact) mass is 594 g/mol. The van der Waals surface area contributed by atoms with Gasteiger partial charge in [-0.1, -0.05) is 0 Å². The van der Waals surface area contributed by atoms with Crippen LogP contribution in [0.3, 0.4) is 0 Å². The lowest BCUT2D eigenvalue weighted by molar-refractivity contribution is -0.307. The normalized spacial score (nSPS) is 31.6. The van der Waals surface area contributed by atoms with Crippen LogP contribution in [-0.2, 0) is 14.2 Å². The fourth-order valence-electron chi connectivity index (χ4n) is 4.70. The molecule has 5 rings (SSSR count). The van der Waals surface area contributed by atoms with Crippen molar-refractivity contribution in [2.24, 2.45) is 0 Å². The van der Waals surface area contributed by atoms with Gasteiger partial charge in [-0.2, -0.15) is 0 Å². The summed E-state index contributed by atoms with van der Waals surface area (Å²) in [7, 11) is 1.38. The van der Waals surface area contributed by atoms with E-state index in [4.69, 9.17) is 28.1 Å². The van der Waals surface area contributed by atoms with Crippen LogP contribution in [0.4, 0.5) is 0 Å². The molecule has 8 N–H and O–H groups in total. The topological polar surface area (TPSA) is 238 Å². The Morgan fingerprint density at radius 1 is 0.857 bits per heavy atom. The fourth-order valence-corrected chi connectivity index (χ4v) is 4.70. The van der Waals surface area contributed by atoms with Gasteiger partial charge in [0.15, 0.2) is 23.2 Å². The van der Waals surface area contributed by atoms with Gasteiger partial charge >= 0.3 is 0 Å². The number of ether oxygens (including phenoxy) is 5. The largest absolute Gasteiger partial charge is 0.507 e. The molecule has 0 bridgehead atoms. The van der Waals surface area contributed by atoms with Crippen LogP contribution in [-0.4, -0.2) is 116 Å². The number of fused-ring (bicyclic) bond motifs is 1. The zero-order valence-electron chi connectivity index (χ0n) is 22.0. The zero-order chi connectivity index (χ0) is 30.3. The van der Waals surface area contributed by atoms with Crippen molar-refractivity contribution in [1.82, 2.24) is 0 Å². The summed E-state index contributed by atoms with van der Waals surface area (Å²) in [5.41, 5.74) is -0.379. The summed E-state index contributed by atoms with van der Waals surface area (Å²) in [6, 6.07) is 7.78. The summed E-state index contributed by atoms with van der Waals surface area (Å²) in [5.74, 6) is -0.602. The molecule has 0 amide bonds. The number of methoxy groups -OCH3 is 1. The third kappa shape index (κ3) is 5.74. The number of hydrogen-bond donors (Lipinski definition) is 8. The molecule has 228 valence electrons. The van der Waals surface area contributed by atoms with Gasteiger partial charge in [-0.3, -0.25) is 4.79 Å². The number of aromatic hydroxyl groups is 2. The maximum atomic E-state index is 12.8. The lowest BCUT2D eigenvalue weighted by Gasteiger charge is -2.41. The number of phenols is 2. The molecule has 3 aromatic rings. The molecule has 2 aliphatic rings. The van der Waals surface area contributed by atoms with E-state index in [0.29, 0.717) is 5.56 Å². The molecule has 0 unspecified atom stereocenters. The first-order valence-corrected chi connectivity index (χ1v) is 12.8. The first-order valence-electron chi connectivity index (χ1n) is 12.8. The average Bonchev–Trinajstić information content (AvgIpc) is 2.96. The Morgan fingerprint density at radius 2 is 1.60 bits per heavy atom. The smallest absolute Gasteiger partial charge is 0.229 e. The molecule has 1 aromatic heterocycles. The Labute approximate surface area is 236 Å². The third-order valence-electron chi connectivity index (χ3n) is 7.05. The maximum absolute atomic E-state index is 12.8.